The van der Waals surface area contributed by atoms with Crippen LogP contribution >= 0.6 is 23.2 Å². The Morgan fingerprint density at radius 2 is 2.00 bits per heavy atom. The molecule has 0 unspecified atom stereocenters. The Kier molecular flexibility index (Phi) is 6.58. The number of hydrogen-bond acceptors (Lipinski definition) is 5. The molecule has 0 N–H and O–H groups in total. The number of carbonyl (C=O) groups is 1. The second-order valence-corrected chi connectivity index (χ2v) is 6.36. The molecule has 0 spiro atoms. The van der Waals surface area contributed by atoms with Crippen LogP contribution in [0.2, 0.25) is 10.0 Å². The van der Waals surface area contributed by atoms with Crippen LogP contribution in [0.1, 0.15) is 19.8 Å². The molecule has 1 aromatic carbocycles. The maximum absolute atomic E-state index is 11.7. The SMILES string of the molecule is CCOC(=O)CCCS(=O)(=O)Oc1ccc(Cl)cc1Cl. The Balaban J connectivity index is 2.55. The molecule has 0 aliphatic carbocycles. The van der Waals surface area contributed by atoms with Crippen molar-refractivity contribution in [2.24, 2.45) is 0 Å². The van der Waals surface area contributed by atoms with Crippen molar-refractivity contribution in [2.75, 3.05) is 12.4 Å². The molecule has 0 heterocycles. The van der Waals surface area contributed by atoms with E-state index in [4.69, 9.17) is 32.1 Å². The van der Waals surface area contributed by atoms with Crippen molar-refractivity contribution in [3.8, 4) is 5.75 Å². The summed E-state index contributed by atoms with van der Waals surface area (Å²) < 4.78 is 33.0. The van der Waals surface area contributed by atoms with E-state index in [1.807, 2.05) is 0 Å². The van der Waals surface area contributed by atoms with Crippen LogP contribution in [-0.2, 0) is 19.6 Å². The quantitative estimate of drug-likeness (QED) is 0.563. The van der Waals surface area contributed by atoms with Crippen LogP contribution < -0.4 is 4.18 Å². The van der Waals surface area contributed by atoms with Crippen molar-refractivity contribution in [1.29, 1.82) is 0 Å². The number of benzene rings is 1. The Morgan fingerprint density at radius 1 is 1.30 bits per heavy atom. The van der Waals surface area contributed by atoms with Gasteiger partial charge in [-0.15, -0.1) is 0 Å². The molecule has 0 atom stereocenters. The first-order valence-electron chi connectivity index (χ1n) is 5.87. The number of rotatable bonds is 7. The molecular formula is C12H14Cl2O5S. The zero-order chi connectivity index (χ0) is 15.2. The molecule has 0 amide bonds. The fraction of sp³-hybridized carbons (Fsp3) is 0.417. The Labute approximate surface area is 127 Å². The van der Waals surface area contributed by atoms with Crippen LogP contribution in [-0.4, -0.2) is 26.7 Å². The number of ether oxygens (including phenoxy) is 1. The normalized spacial score (nSPS) is 11.2. The molecule has 0 saturated carbocycles. The minimum absolute atomic E-state index is 0.00667. The summed E-state index contributed by atoms with van der Waals surface area (Å²) in [5, 5.41) is 0.480. The maximum atomic E-state index is 11.7. The number of carbonyl (C=O) groups excluding carboxylic acids is 1. The highest BCUT2D eigenvalue weighted by molar-refractivity contribution is 7.87. The highest BCUT2D eigenvalue weighted by Gasteiger charge is 2.16. The predicted octanol–water partition coefficient (Wildman–Crippen LogP) is 3.05. The monoisotopic (exact) mass is 340 g/mol. The van der Waals surface area contributed by atoms with Crippen LogP contribution in [0.3, 0.4) is 0 Å². The Morgan fingerprint density at radius 3 is 2.60 bits per heavy atom. The van der Waals surface area contributed by atoms with Gasteiger partial charge in [-0.3, -0.25) is 4.79 Å². The number of esters is 1. The van der Waals surface area contributed by atoms with Gasteiger partial charge in [0.15, 0.2) is 5.75 Å². The molecule has 112 valence electrons. The fourth-order valence-corrected chi connectivity index (χ4v) is 2.84. The van der Waals surface area contributed by atoms with Gasteiger partial charge in [0.1, 0.15) is 0 Å². The molecule has 20 heavy (non-hydrogen) atoms. The number of hydrogen-bond donors (Lipinski definition) is 0. The molecule has 0 saturated heterocycles. The van der Waals surface area contributed by atoms with E-state index in [0.29, 0.717) is 5.02 Å². The third kappa shape index (κ3) is 5.98. The zero-order valence-corrected chi connectivity index (χ0v) is 13.1. The van der Waals surface area contributed by atoms with Gasteiger partial charge in [-0.2, -0.15) is 8.42 Å². The summed E-state index contributed by atoms with van der Waals surface area (Å²) in [5.41, 5.74) is 0. The van der Waals surface area contributed by atoms with Crippen molar-refractivity contribution in [1.82, 2.24) is 0 Å². The van der Waals surface area contributed by atoms with Gasteiger partial charge < -0.3 is 8.92 Å². The first kappa shape index (κ1) is 17.1. The topological polar surface area (TPSA) is 69.7 Å². The van der Waals surface area contributed by atoms with Gasteiger partial charge in [0.05, 0.1) is 17.4 Å². The summed E-state index contributed by atoms with van der Waals surface area (Å²) in [6.07, 6.45) is 0.136. The first-order chi connectivity index (χ1) is 9.34. The lowest BCUT2D eigenvalue weighted by molar-refractivity contribution is -0.143. The molecule has 1 rings (SSSR count). The first-order valence-corrected chi connectivity index (χ1v) is 8.20. The van der Waals surface area contributed by atoms with Crippen LogP contribution in [0.4, 0.5) is 0 Å². The van der Waals surface area contributed by atoms with E-state index >= 15 is 0 Å². The standard InChI is InChI=1S/C12H14Cl2O5S/c1-2-18-12(15)4-3-7-20(16,17)19-11-6-5-9(13)8-10(11)14/h5-6,8H,2-4,7H2,1H3. The molecule has 8 heteroatoms. The van der Waals surface area contributed by atoms with Crippen LogP contribution in [0.15, 0.2) is 18.2 Å². The summed E-state index contributed by atoms with van der Waals surface area (Å²) in [6.45, 7) is 1.95. The van der Waals surface area contributed by atoms with Crippen molar-refractivity contribution in [3.63, 3.8) is 0 Å². The maximum Gasteiger partial charge on any atom is 0.309 e. The van der Waals surface area contributed by atoms with Gasteiger partial charge in [-0.1, -0.05) is 23.2 Å². The highest BCUT2D eigenvalue weighted by Crippen LogP contribution is 2.28. The third-order valence-corrected chi connectivity index (χ3v) is 3.94. The van der Waals surface area contributed by atoms with Gasteiger partial charge in [0.2, 0.25) is 0 Å². The third-order valence-electron chi connectivity index (χ3n) is 2.19. The number of halogens is 2. The molecule has 0 aliphatic rings. The summed E-state index contributed by atoms with van der Waals surface area (Å²) in [4.78, 5) is 11.1. The van der Waals surface area contributed by atoms with Gasteiger partial charge in [-0.25, -0.2) is 0 Å². The zero-order valence-electron chi connectivity index (χ0n) is 10.8. The second kappa shape index (κ2) is 7.71. The molecule has 0 aromatic heterocycles. The minimum Gasteiger partial charge on any atom is -0.466 e. The van der Waals surface area contributed by atoms with Gasteiger partial charge in [0, 0.05) is 11.4 Å². The lowest BCUT2D eigenvalue weighted by atomic mass is 10.3. The molecule has 1 aromatic rings. The van der Waals surface area contributed by atoms with Crippen molar-refractivity contribution in [3.05, 3.63) is 28.2 Å². The molecule has 0 aliphatic heterocycles. The van der Waals surface area contributed by atoms with E-state index < -0.39 is 16.1 Å². The average molecular weight is 341 g/mol. The van der Waals surface area contributed by atoms with Crippen molar-refractivity contribution in [2.45, 2.75) is 19.8 Å². The van der Waals surface area contributed by atoms with Crippen molar-refractivity contribution < 1.29 is 22.1 Å². The van der Waals surface area contributed by atoms with Crippen LogP contribution in [0.25, 0.3) is 0 Å². The fourth-order valence-electron chi connectivity index (χ4n) is 1.35. The lowest BCUT2D eigenvalue weighted by Gasteiger charge is -2.08. The average Bonchev–Trinajstić information content (AvgIpc) is 2.33. The Bertz CT molecular complexity index is 571. The van der Waals surface area contributed by atoms with Crippen LogP contribution in [0, 0.1) is 0 Å². The van der Waals surface area contributed by atoms with E-state index in [2.05, 4.69) is 0 Å². The van der Waals surface area contributed by atoms with E-state index in [1.165, 1.54) is 18.2 Å². The van der Waals surface area contributed by atoms with Crippen molar-refractivity contribution >= 4 is 39.3 Å². The smallest absolute Gasteiger partial charge is 0.309 e. The predicted molar refractivity (Wildman–Crippen MR) is 76.7 cm³/mol. The summed E-state index contributed by atoms with van der Waals surface area (Å²) in [5.74, 6) is -0.732. The lowest BCUT2D eigenvalue weighted by Crippen LogP contribution is -2.15. The van der Waals surface area contributed by atoms with E-state index in [1.54, 1.807) is 6.92 Å². The molecule has 5 nitrogen and oxygen atoms in total. The molecule has 0 radical (unpaired) electrons. The second-order valence-electron chi connectivity index (χ2n) is 3.83. The van der Waals surface area contributed by atoms with Gasteiger partial charge >= 0.3 is 16.1 Å². The van der Waals surface area contributed by atoms with Gasteiger partial charge in [-0.05, 0) is 31.5 Å². The van der Waals surface area contributed by atoms with E-state index in [0.717, 1.165) is 0 Å². The van der Waals surface area contributed by atoms with E-state index in [-0.39, 0.29) is 36.0 Å². The molecule has 0 bridgehead atoms. The highest BCUT2D eigenvalue weighted by atomic mass is 35.5. The van der Waals surface area contributed by atoms with Gasteiger partial charge in [0.25, 0.3) is 0 Å². The Hall–Kier alpha value is -0.980. The molecular weight excluding hydrogens is 327 g/mol. The minimum atomic E-state index is -3.82. The molecule has 0 fully saturated rings. The van der Waals surface area contributed by atoms with Crippen LogP contribution in [0.5, 0.6) is 5.75 Å². The van der Waals surface area contributed by atoms with E-state index in [9.17, 15) is 13.2 Å². The summed E-state index contributed by atoms with van der Waals surface area (Å²) >= 11 is 11.5. The summed E-state index contributed by atoms with van der Waals surface area (Å²) in [6, 6.07) is 4.22. The summed E-state index contributed by atoms with van der Waals surface area (Å²) in [7, 11) is -3.82. The largest absolute Gasteiger partial charge is 0.466 e.